The van der Waals surface area contributed by atoms with Crippen molar-refractivity contribution in [1.82, 2.24) is 9.80 Å². The first kappa shape index (κ1) is 14.8. The predicted octanol–water partition coefficient (Wildman–Crippen LogP) is 1.19. The Balaban J connectivity index is 1.92. The number of carbonyl (C=O) groups is 1. The summed E-state index contributed by atoms with van der Waals surface area (Å²) in [5.41, 5.74) is 1.84. The van der Waals surface area contributed by atoms with Gasteiger partial charge in [0.15, 0.2) is 0 Å². The number of amides is 1. The van der Waals surface area contributed by atoms with Crippen LogP contribution in [0.2, 0.25) is 0 Å². The van der Waals surface area contributed by atoms with Crippen LogP contribution >= 0.6 is 0 Å². The van der Waals surface area contributed by atoms with Crippen molar-refractivity contribution in [2.45, 2.75) is 6.92 Å². The number of methoxy groups -OCH3 is 1. The van der Waals surface area contributed by atoms with Crippen molar-refractivity contribution >= 4 is 11.6 Å². The highest BCUT2D eigenvalue weighted by molar-refractivity contribution is 5.93. The van der Waals surface area contributed by atoms with E-state index in [1.807, 2.05) is 25.1 Å². The first-order chi connectivity index (χ1) is 9.58. The maximum absolute atomic E-state index is 12.1. The van der Waals surface area contributed by atoms with Gasteiger partial charge >= 0.3 is 0 Å². The van der Waals surface area contributed by atoms with Gasteiger partial charge in [0.25, 0.3) is 0 Å². The standard InChI is InChI=1S/C15H23N3O2/c1-12-4-5-14(20-3)13(10-12)16-15(19)11-18-8-6-17(2)7-9-18/h4-5,10H,6-9,11H2,1-3H3,(H,16,19). The van der Waals surface area contributed by atoms with Crippen LogP contribution in [0.1, 0.15) is 5.56 Å². The number of aryl methyl sites for hydroxylation is 1. The third-order valence-corrected chi connectivity index (χ3v) is 3.59. The summed E-state index contributed by atoms with van der Waals surface area (Å²) in [6.45, 7) is 6.34. The van der Waals surface area contributed by atoms with E-state index in [1.54, 1.807) is 7.11 Å². The molecule has 1 aromatic rings. The second-order valence-electron chi connectivity index (χ2n) is 5.33. The smallest absolute Gasteiger partial charge is 0.238 e. The minimum absolute atomic E-state index is 0.0125. The first-order valence-electron chi connectivity index (χ1n) is 6.94. The quantitative estimate of drug-likeness (QED) is 0.898. The number of rotatable bonds is 4. The van der Waals surface area contributed by atoms with Crippen molar-refractivity contribution in [1.29, 1.82) is 0 Å². The van der Waals surface area contributed by atoms with Crippen LogP contribution in [-0.4, -0.2) is 62.6 Å². The van der Waals surface area contributed by atoms with E-state index in [4.69, 9.17) is 4.74 Å². The zero-order valence-electron chi connectivity index (χ0n) is 12.5. The molecule has 0 saturated carbocycles. The summed E-state index contributed by atoms with van der Waals surface area (Å²) in [4.78, 5) is 16.6. The Morgan fingerprint density at radius 3 is 2.65 bits per heavy atom. The van der Waals surface area contributed by atoms with Crippen LogP contribution in [0.3, 0.4) is 0 Å². The summed E-state index contributed by atoms with van der Waals surface area (Å²) in [5, 5.41) is 2.94. The van der Waals surface area contributed by atoms with Crippen LogP contribution in [-0.2, 0) is 4.79 Å². The van der Waals surface area contributed by atoms with Gasteiger partial charge in [-0.25, -0.2) is 0 Å². The topological polar surface area (TPSA) is 44.8 Å². The molecule has 1 aromatic carbocycles. The van der Waals surface area contributed by atoms with Crippen LogP contribution < -0.4 is 10.1 Å². The van der Waals surface area contributed by atoms with Gasteiger partial charge in [-0.05, 0) is 31.7 Å². The van der Waals surface area contributed by atoms with E-state index in [9.17, 15) is 4.79 Å². The summed E-state index contributed by atoms with van der Waals surface area (Å²) < 4.78 is 5.27. The molecule has 0 atom stereocenters. The molecule has 1 amide bonds. The van der Waals surface area contributed by atoms with E-state index >= 15 is 0 Å². The third-order valence-electron chi connectivity index (χ3n) is 3.59. The van der Waals surface area contributed by atoms with Crippen molar-refractivity contribution in [3.05, 3.63) is 23.8 Å². The molecular weight excluding hydrogens is 254 g/mol. The molecule has 0 unspecified atom stereocenters. The predicted molar refractivity (Wildman–Crippen MR) is 80.3 cm³/mol. The second kappa shape index (κ2) is 6.72. The molecule has 1 N–H and O–H groups in total. The average Bonchev–Trinajstić information content (AvgIpc) is 2.41. The lowest BCUT2D eigenvalue weighted by atomic mass is 10.2. The molecular formula is C15H23N3O2. The monoisotopic (exact) mass is 277 g/mol. The lowest BCUT2D eigenvalue weighted by molar-refractivity contribution is -0.117. The SMILES string of the molecule is COc1ccc(C)cc1NC(=O)CN1CCN(C)CC1. The van der Waals surface area contributed by atoms with Crippen molar-refractivity contribution in [3.8, 4) is 5.75 Å². The number of nitrogens with one attached hydrogen (secondary N) is 1. The third kappa shape index (κ3) is 3.95. The molecule has 0 radical (unpaired) electrons. The van der Waals surface area contributed by atoms with Gasteiger partial charge in [-0.3, -0.25) is 9.69 Å². The Kier molecular flexibility index (Phi) is 4.98. The first-order valence-corrected chi connectivity index (χ1v) is 6.94. The Hall–Kier alpha value is -1.59. The van der Waals surface area contributed by atoms with Gasteiger partial charge in [-0.2, -0.15) is 0 Å². The fourth-order valence-corrected chi connectivity index (χ4v) is 2.32. The number of nitrogens with zero attached hydrogens (tertiary/aromatic N) is 2. The molecule has 1 aliphatic rings. The Labute approximate surface area is 120 Å². The average molecular weight is 277 g/mol. The van der Waals surface area contributed by atoms with Crippen LogP contribution in [0.4, 0.5) is 5.69 Å². The summed E-state index contributed by atoms with van der Waals surface area (Å²) in [6.07, 6.45) is 0. The van der Waals surface area contributed by atoms with Gasteiger partial charge in [0.05, 0.1) is 19.3 Å². The zero-order chi connectivity index (χ0) is 14.5. The highest BCUT2D eigenvalue weighted by atomic mass is 16.5. The highest BCUT2D eigenvalue weighted by Crippen LogP contribution is 2.25. The molecule has 0 bridgehead atoms. The molecule has 5 nitrogen and oxygen atoms in total. The molecule has 0 spiro atoms. The number of carbonyl (C=O) groups excluding carboxylic acids is 1. The number of likely N-dealkylation sites (N-methyl/N-ethyl adjacent to an activating group) is 1. The molecule has 1 saturated heterocycles. The maximum Gasteiger partial charge on any atom is 0.238 e. The van der Waals surface area contributed by atoms with Crippen LogP contribution in [0.25, 0.3) is 0 Å². The van der Waals surface area contributed by atoms with Gasteiger partial charge in [0, 0.05) is 26.2 Å². The summed E-state index contributed by atoms with van der Waals surface area (Å²) in [7, 11) is 3.72. The summed E-state index contributed by atoms with van der Waals surface area (Å²) >= 11 is 0. The van der Waals surface area contributed by atoms with E-state index in [0.29, 0.717) is 12.3 Å². The van der Waals surface area contributed by atoms with Crippen molar-refractivity contribution in [2.75, 3.05) is 52.2 Å². The van der Waals surface area contributed by atoms with Crippen molar-refractivity contribution in [2.24, 2.45) is 0 Å². The van der Waals surface area contributed by atoms with E-state index in [1.165, 1.54) is 0 Å². The normalized spacial score (nSPS) is 16.9. The number of hydrogen-bond acceptors (Lipinski definition) is 4. The van der Waals surface area contributed by atoms with E-state index in [0.717, 1.165) is 37.4 Å². The van der Waals surface area contributed by atoms with Crippen LogP contribution in [0.15, 0.2) is 18.2 Å². The number of benzene rings is 1. The zero-order valence-corrected chi connectivity index (χ0v) is 12.5. The molecule has 2 rings (SSSR count). The Morgan fingerprint density at radius 2 is 2.00 bits per heavy atom. The molecule has 1 heterocycles. The molecule has 110 valence electrons. The lowest BCUT2D eigenvalue weighted by Crippen LogP contribution is -2.47. The van der Waals surface area contributed by atoms with E-state index in [2.05, 4.69) is 22.2 Å². The number of piperazine rings is 1. The van der Waals surface area contributed by atoms with Crippen LogP contribution in [0, 0.1) is 6.92 Å². The Morgan fingerprint density at radius 1 is 1.30 bits per heavy atom. The fraction of sp³-hybridized carbons (Fsp3) is 0.533. The maximum atomic E-state index is 12.1. The largest absolute Gasteiger partial charge is 0.495 e. The van der Waals surface area contributed by atoms with Gasteiger partial charge in [0.1, 0.15) is 5.75 Å². The number of anilines is 1. The molecule has 0 aliphatic carbocycles. The van der Waals surface area contributed by atoms with E-state index < -0.39 is 0 Å². The minimum atomic E-state index is 0.0125. The molecule has 20 heavy (non-hydrogen) atoms. The van der Waals surface area contributed by atoms with Crippen LogP contribution in [0.5, 0.6) is 5.75 Å². The fourth-order valence-electron chi connectivity index (χ4n) is 2.32. The van der Waals surface area contributed by atoms with Gasteiger partial charge < -0.3 is 15.0 Å². The number of ether oxygens (including phenoxy) is 1. The molecule has 5 heteroatoms. The van der Waals surface area contributed by atoms with Crippen molar-refractivity contribution < 1.29 is 9.53 Å². The molecule has 1 aliphatic heterocycles. The van der Waals surface area contributed by atoms with Gasteiger partial charge in [-0.1, -0.05) is 6.07 Å². The van der Waals surface area contributed by atoms with Gasteiger partial charge in [0.2, 0.25) is 5.91 Å². The highest BCUT2D eigenvalue weighted by Gasteiger charge is 2.17. The number of hydrogen-bond donors (Lipinski definition) is 1. The van der Waals surface area contributed by atoms with Gasteiger partial charge in [-0.15, -0.1) is 0 Å². The summed E-state index contributed by atoms with van der Waals surface area (Å²) in [6, 6.07) is 5.77. The lowest BCUT2D eigenvalue weighted by Gasteiger charge is -2.31. The second-order valence-corrected chi connectivity index (χ2v) is 5.33. The summed E-state index contributed by atoms with van der Waals surface area (Å²) in [5.74, 6) is 0.709. The van der Waals surface area contributed by atoms with E-state index in [-0.39, 0.29) is 5.91 Å². The van der Waals surface area contributed by atoms with Crippen molar-refractivity contribution in [3.63, 3.8) is 0 Å². The molecule has 1 fully saturated rings. The minimum Gasteiger partial charge on any atom is -0.495 e. The Bertz CT molecular complexity index is 468. The molecule has 0 aromatic heterocycles.